The fourth-order valence-corrected chi connectivity index (χ4v) is 26.2. The summed E-state index contributed by atoms with van der Waals surface area (Å²) in [5.41, 5.74) is 18.9. The normalized spacial score (nSPS) is 11.8. The van der Waals surface area contributed by atoms with Crippen LogP contribution in [0.3, 0.4) is 0 Å². The monoisotopic (exact) mass is 1960 g/mol. The minimum atomic E-state index is 0.599. The quantitative estimate of drug-likeness (QED) is 0.108. The largest absolute Gasteiger partial charge is 0.456 e. The van der Waals surface area contributed by atoms with E-state index >= 15 is 0 Å². The summed E-state index contributed by atoms with van der Waals surface area (Å²) in [7, 11) is 0. The van der Waals surface area contributed by atoms with Crippen LogP contribution in [0.2, 0.25) is 0 Å². The molecular formula is C133H77N9O2S4. The molecule has 0 spiro atoms. The van der Waals surface area contributed by atoms with E-state index in [2.05, 4.69) is 388 Å². The number of para-hydroxylation sites is 3. The zero-order valence-corrected chi connectivity index (χ0v) is 82.2. The Balaban J connectivity index is 0.000000105. The lowest BCUT2D eigenvalue weighted by molar-refractivity contribution is 0.669. The first-order valence-corrected chi connectivity index (χ1v) is 52.5. The van der Waals surface area contributed by atoms with Gasteiger partial charge in [-0.3, -0.25) is 0 Å². The van der Waals surface area contributed by atoms with E-state index < -0.39 is 0 Å². The van der Waals surface area contributed by atoms with Crippen LogP contribution in [0.1, 0.15) is 0 Å². The first-order valence-electron chi connectivity index (χ1n) is 49.2. The van der Waals surface area contributed by atoms with Crippen molar-refractivity contribution < 1.29 is 8.83 Å². The maximum absolute atomic E-state index is 6.30. The van der Waals surface area contributed by atoms with Gasteiger partial charge in [0.25, 0.3) is 0 Å². The molecule has 0 fully saturated rings. The van der Waals surface area contributed by atoms with Crippen LogP contribution >= 0.6 is 45.3 Å². The van der Waals surface area contributed by atoms with Crippen molar-refractivity contribution in [3.05, 3.63) is 467 Å². The molecule has 0 radical (unpaired) electrons. The van der Waals surface area contributed by atoms with Gasteiger partial charge in [0.05, 0.1) is 0 Å². The Kier molecular flexibility index (Phi) is 20.8. The average molecular weight is 1960 g/mol. The predicted octanol–water partition coefficient (Wildman–Crippen LogP) is 37.5. The predicted molar refractivity (Wildman–Crippen MR) is 621 cm³/mol. The molecule has 690 valence electrons. The van der Waals surface area contributed by atoms with Gasteiger partial charge in [0.2, 0.25) is 0 Å². The van der Waals surface area contributed by atoms with Crippen molar-refractivity contribution in [3.63, 3.8) is 0 Å². The Morgan fingerprint density at radius 3 is 1.01 bits per heavy atom. The van der Waals surface area contributed by atoms with E-state index in [1.807, 2.05) is 102 Å². The number of rotatable bonds is 12. The molecule has 0 aliphatic rings. The van der Waals surface area contributed by atoms with Gasteiger partial charge in [-0.05, 0) is 144 Å². The molecule has 0 bridgehead atoms. The van der Waals surface area contributed by atoms with Crippen LogP contribution in [0.5, 0.6) is 0 Å². The molecule has 0 saturated carbocycles. The molecule has 0 aliphatic carbocycles. The summed E-state index contributed by atoms with van der Waals surface area (Å²) < 4.78 is 22.6. The van der Waals surface area contributed by atoms with Crippen molar-refractivity contribution in [2.75, 3.05) is 0 Å². The van der Waals surface area contributed by atoms with E-state index in [1.54, 1.807) is 22.7 Å². The molecule has 9 aromatic heterocycles. The van der Waals surface area contributed by atoms with Crippen LogP contribution in [-0.4, -0.2) is 44.9 Å². The third-order valence-electron chi connectivity index (χ3n) is 28.4. The maximum atomic E-state index is 6.30. The van der Waals surface area contributed by atoms with Gasteiger partial charge in [0.15, 0.2) is 52.4 Å². The SMILES string of the molecule is c1cc(-c2nc(-c3ccc4ccccc4c3)nc(-c3cccc4sc5ccccc5c34)n2)cc(-c2cccc3c2sc2ccccc23)c1.c1ccc(-c2nc(-c3ccc(-c4cccc5c4oc4ccccc45)cc3)nc(-c3cccc4oc5ccccc5c34)n2)cc1.c1ccc2c(c1)sc1c(-c3ccc(-c4nc(-c5ccc6c7ccccc7c7ccccc7c6c5)nc(-c5cccc6sc7ccccc7c56)n4)cc3)cccc12. The Morgan fingerprint density at radius 2 is 0.459 bits per heavy atom. The third-order valence-corrected chi connectivity index (χ3v) is 33.1. The van der Waals surface area contributed by atoms with E-state index in [4.69, 9.17) is 53.7 Å². The minimum Gasteiger partial charge on any atom is -0.456 e. The highest BCUT2D eigenvalue weighted by Gasteiger charge is 2.26. The number of thiophene rings is 4. The van der Waals surface area contributed by atoms with Gasteiger partial charge in [-0.15, -0.1) is 45.3 Å². The lowest BCUT2D eigenvalue weighted by Gasteiger charge is -2.13. The molecule has 11 nitrogen and oxygen atoms in total. The van der Waals surface area contributed by atoms with Crippen LogP contribution in [-0.2, 0) is 0 Å². The molecule has 0 saturated heterocycles. The Bertz CT molecular complexity index is 10800. The molecular weight excluding hydrogens is 1880 g/mol. The van der Waals surface area contributed by atoms with Crippen molar-refractivity contribution in [1.29, 1.82) is 0 Å². The van der Waals surface area contributed by atoms with Gasteiger partial charge >= 0.3 is 0 Å². The molecule has 15 heteroatoms. The summed E-state index contributed by atoms with van der Waals surface area (Å²) in [5.74, 6) is 5.78. The van der Waals surface area contributed by atoms with Crippen LogP contribution < -0.4 is 0 Å². The number of furan rings is 2. The highest BCUT2D eigenvalue weighted by Crippen LogP contribution is 2.49. The maximum Gasteiger partial charge on any atom is 0.164 e. The van der Waals surface area contributed by atoms with Crippen molar-refractivity contribution in [2.45, 2.75) is 0 Å². The van der Waals surface area contributed by atoms with Gasteiger partial charge in [-0.25, -0.2) is 44.9 Å². The standard InChI is InChI=1S/C51H29N3S2.C43H25N3S2.C39H23N3O2/c1-2-13-36-34(11-1)35-12-3-4-14-37(35)43-29-32(27-28-38(36)43)50-52-49(53-51(54-50)42-19-10-22-46-47(42)41-16-6-8-21-45(41)55-46)31-25-23-30(24-26-31)33-17-9-18-40-39-15-5-7-20-44(39)56-48(33)40;1-2-11-27-24-30(23-22-26(27)10-1)42-44-41(45-43(46-42)35-18-9-21-38-39(35)34-15-4-6-20-37(34)47-38)29-13-7-12-28(25-29)31-16-8-17-33-32-14-3-5-19-36(32)48-40(31)33;1-2-10-25(11-3-1)37-40-38(42-39(41-37)31-16-9-19-34-35(31)30-13-5-7-18-33(30)43-34)26-22-20-24(21-23-26)27-14-8-15-29-28-12-4-6-17-32(28)44-36(27)29/h1-29H;1-25H;1-23H. The second-order valence-electron chi connectivity index (χ2n) is 37.1. The first kappa shape index (κ1) is 86.1. The topological polar surface area (TPSA) is 142 Å². The van der Waals surface area contributed by atoms with E-state index in [1.165, 1.54) is 135 Å². The van der Waals surface area contributed by atoms with Crippen LogP contribution in [0, 0.1) is 0 Å². The molecule has 0 N–H and O–H groups in total. The number of nitrogens with zero attached hydrogens (tertiary/aromatic N) is 9. The van der Waals surface area contributed by atoms with Crippen molar-refractivity contribution in [1.82, 2.24) is 44.9 Å². The Morgan fingerprint density at radius 1 is 0.142 bits per heavy atom. The van der Waals surface area contributed by atoms with Crippen LogP contribution in [0.15, 0.2) is 476 Å². The molecule has 22 aromatic carbocycles. The van der Waals surface area contributed by atoms with Crippen LogP contribution in [0.25, 0.3) is 304 Å². The third kappa shape index (κ3) is 15.0. The molecule has 0 unspecified atom stereocenters. The number of hydrogen-bond donors (Lipinski definition) is 0. The van der Waals surface area contributed by atoms with Gasteiger partial charge in [0.1, 0.15) is 22.3 Å². The number of hydrogen-bond acceptors (Lipinski definition) is 15. The number of aromatic nitrogens is 9. The zero-order chi connectivity index (χ0) is 97.4. The minimum absolute atomic E-state index is 0.599. The lowest BCUT2D eigenvalue weighted by Crippen LogP contribution is -2.00. The highest BCUT2D eigenvalue weighted by atomic mass is 32.1. The van der Waals surface area contributed by atoms with Gasteiger partial charge in [-0.2, -0.15) is 0 Å². The summed E-state index contributed by atoms with van der Waals surface area (Å²) in [5, 5.41) is 24.0. The van der Waals surface area contributed by atoms with E-state index in [9.17, 15) is 0 Å². The van der Waals surface area contributed by atoms with E-state index in [-0.39, 0.29) is 0 Å². The molecule has 31 aromatic rings. The van der Waals surface area contributed by atoms with E-state index in [0.717, 1.165) is 116 Å². The fourth-order valence-electron chi connectivity index (χ4n) is 21.5. The molecule has 0 aliphatic heterocycles. The van der Waals surface area contributed by atoms with Crippen molar-refractivity contribution in [3.8, 4) is 136 Å². The smallest absolute Gasteiger partial charge is 0.164 e. The second kappa shape index (κ2) is 35.8. The van der Waals surface area contributed by atoms with Crippen molar-refractivity contribution in [2.24, 2.45) is 0 Å². The molecule has 148 heavy (non-hydrogen) atoms. The lowest BCUT2D eigenvalue weighted by atomic mass is 9.93. The van der Waals surface area contributed by atoms with Gasteiger partial charge in [-0.1, -0.05) is 394 Å². The summed E-state index contributed by atoms with van der Waals surface area (Å²) in [4.78, 5) is 46.3. The Hall–Kier alpha value is -18.6. The van der Waals surface area contributed by atoms with Crippen molar-refractivity contribution >= 4 is 213 Å². The zero-order valence-electron chi connectivity index (χ0n) is 78.9. The molecule has 31 rings (SSSR count). The highest BCUT2D eigenvalue weighted by molar-refractivity contribution is 7.27. The number of benzene rings is 22. The summed E-state index contributed by atoms with van der Waals surface area (Å²) in [6.07, 6.45) is 0. The average Bonchev–Trinajstić information content (AvgIpc) is 1.16. The summed E-state index contributed by atoms with van der Waals surface area (Å²) in [6.45, 7) is 0. The number of fused-ring (bicyclic) bond motifs is 25. The Labute approximate surface area is 862 Å². The molecule has 9 heterocycles. The fraction of sp³-hybridized carbons (Fsp3) is 0. The summed E-state index contributed by atoms with van der Waals surface area (Å²) in [6, 6.07) is 164. The first-order chi connectivity index (χ1) is 73.3. The molecule has 0 amide bonds. The second-order valence-corrected chi connectivity index (χ2v) is 41.4. The summed E-state index contributed by atoms with van der Waals surface area (Å²) >= 11 is 7.31. The molecule has 0 atom stereocenters. The van der Waals surface area contributed by atoms with E-state index in [0.29, 0.717) is 52.4 Å². The van der Waals surface area contributed by atoms with Gasteiger partial charge in [0, 0.05) is 158 Å². The van der Waals surface area contributed by atoms with Gasteiger partial charge < -0.3 is 8.83 Å². The van der Waals surface area contributed by atoms with Crippen LogP contribution in [0.4, 0.5) is 0 Å².